The van der Waals surface area contributed by atoms with Crippen molar-refractivity contribution in [3.8, 4) is 5.75 Å². The number of anilines is 1. The van der Waals surface area contributed by atoms with Crippen molar-refractivity contribution in [2.75, 3.05) is 38.2 Å². The molecule has 6 heteroatoms. The van der Waals surface area contributed by atoms with Crippen LogP contribution in [0.2, 0.25) is 0 Å². The van der Waals surface area contributed by atoms with Crippen molar-refractivity contribution in [2.24, 2.45) is 0 Å². The number of likely N-dealkylation sites (N-methyl/N-ethyl adjacent to an activating group) is 1. The summed E-state index contributed by atoms with van der Waals surface area (Å²) >= 11 is 0. The van der Waals surface area contributed by atoms with E-state index >= 15 is 0 Å². The van der Waals surface area contributed by atoms with Gasteiger partial charge in [-0.05, 0) is 61.0 Å². The molecule has 0 aliphatic carbocycles. The van der Waals surface area contributed by atoms with E-state index < -0.39 is 0 Å². The number of nitrogens with one attached hydrogen (secondary N) is 1. The number of methoxy groups -OCH3 is 1. The highest BCUT2D eigenvalue weighted by atomic mass is 16.5. The number of amides is 2. The zero-order valence-electron chi connectivity index (χ0n) is 18.3. The average molecular weight is 410 g/mol. The summed E-state index contributed by atoms with van der Waals surface area (Å²) in [5.74, 6) is 0.745. The third kappa shape index (κ3) is 4.65. The number of rotatable bonds is 8. The molecule has 0 fully saturated rings. The highest BCUT2D eigenvalue weighted by Gasteiger charge is 2.24. The molecule has 3 rings (SSSR count). The summed E-state index contributed by atoms with van der Waals surface area (Å²) in [5, 5.41) is 3.11. The number of benzene rings is 2. The normalized spacial score (nSPS) is 13.8. The molecule has 0 unspecified atom stereocenters. The predicted octanol–water partition coefficient (Wildman–Crippen LogP) is 3.42. The number of carbonyl (C=O) groups is 2. The summed E-state index contributed by atoms with van der Waals surface area (Å²) < 4.78 is 5.38. The van der Waals surface area contributed by atoms with Crippen molar-refractivity contribution in [1.29, 1.82) is 0 Å². The standard InChI is InChI=1S/C24H31N3O3/c1-5-26(6-2)23(18-8-7-9-21(15-18)30-4)16-25-24(29)20-10-11-22-19(14-20)12-13-27(22)17(3)28/h7-11,14-15,23H,5-6,12-13,16H2,1-4H3,(H,25,29)/t23-/m1/s1. The van der Waals surface area contributed by atoms with Crippen LogP contribution in [0.25, 0.3) is 0 Å². The molecule has 2 aromatic rings. The lowest BCUT2D eigenvalue weighted by Gasteiger charge is -2.30. The van der Waals surface area contributed by atoms with E-state index in [1.165, 1.54) is 0 Å². The minimum absolute atomic E-state index is 0.0336. The van der Waals surface area contributed by atoms with Gasteiger partial charge in [-0.15, -0.1) is 0 Å². The summed E-state index contributed by atoms with van der Waals surface area (Å²) in [6, 6.07) is 13.7. The monoisotopic (exact) mass is 409 g/mol. The SMILES string of the molecule is CCN(CC)[C@H](CNC(=O)c1ccc2c(c1)CCN2C(C)=O)c1cccc(OC)c1. The minimum atomic E-state index is -0.0980. The van der Waals surface area contributed by atoms with Gasteiger partial charge >= 0.3 is 0 Å². The van der Waals surface area contributed by atoms with E-state index in [2.05, 4.69) is 30.1 Å². The summed E-state index contributed by atoms with van der Waals surface area (Å²) in [6.45, 7) is 8.77. The zero-order chi connectivity index (χ0) is 21.7. The molecular formula is C24H31N3O3. The van der Waals surface area contributed by atoms with Crippen molar-refractivity contribution in [1.82, 2.24) is 10.2 Å². The molecular weight excluding hydrogens is 378 g/mol. The number of carbonyl (C=O) groups excluding carboxylic acids is 2. The molecule has 160 valence electrons. The zero-order valence-corrected chi connectivity index (χ0v) is 18.3. The second-order valence-corrected chi connectivity index (χ2v) is 7.49. The number of hydrogen-bond donors (Lipinski definition) is 1. The van der Waals surface area contributed by atoms with Gasteiger partial charge < -0.3 is 15.0 Å². The number of hydrogen-bond acceptors (Lipinski definition) is 4. The van der Waals surface area contributed by atoms with Crippen molar-refractivity contribution in [2.45, 2.75) is 33.2 Å². The maximum Gasteiger partial charge on any atom is 0.251 e. The Morgan fingerprint density at radius 1 is 1.17 bits per heavy atom. The van der Waals surface area contributed by atoms with Gasteiger partial charge in [0.2, 0.25) is 5.91 Å². The lowest BCUT2D eigenvalue weighted by atomic mass is 10.0. The van der Waals surface area contributed by atoms with Crippen LogP contribution in [-0.4, -0.2) is 50.0 Å². The van der Waals surface area contributed by atoms with Crippen LogP contribution in [0.1, 0.15) is 48.3 Å². The smallest absolute Gasteiger partial charge is 0.251 e. The third-order valence-corrected chi connectivity index (χ3v) is 5.81. The molecule has 0 spiro atoms. The molecule has 2 aromatic carbocycles. The Kier molecular flexibility index (Phi) is 7.11. The molecule has 1 aliphatic rings. The first kappa shape index (κ1) is 21.8. The Hall–Kier alpha value is -2.86. The van der Waals surface area contributed by atoms with Crippen LogP contribution in [0.3, 0.4) is 0 Å². The molecule has 0 radical (unpaired) electrons. The lowest BCUT2D eigenvalue weighted by molar-refractivity contribution is -0.116. The van der Waals surface area contributed by atoms with Crippen molar-refractivity contribution < 1.29 is 14.3 Å². The second-order valence-electron chi connectivity index (χ2n) is 7.49. The van der Waals surface area contributed by atoms with Gasteiger partial charge in [-0.1, -0.05) is 26.0 Å². The first-order valence-corrected chi connectivity index (χ1v) is 10.6. The molecule has 0 saturated carbocycles. The summed E-state index contributed by atoms with van der Waals surface area (Å²) in [5.41, 5.74) is 3.70. The van der Waals surface area contributed by atoms with Gasteiger partial charge in [0.1, 0.15) is 5.75 Å². The Labute approximate surface area is 178 Å². The molecule has 0 saturated heterocycles. The highest BCUT2D eigenvalue weighted by molar-refractivity contribution is 5.97. The molecule has 1 aliphatic heterocycles. The highest BCUT2D eigenvalue weighted by Crippen LogP contribution is 2.29. The van der Waals surface area contributed by atoms with E-state index in [1.807, 2.05) is 30.3 Å². The van der Waals surface area contributed by atoms with Gasteiger partial charge in [-0.2, -0.15) is 0 Å². The Balaban J connectivity index is 1.75. The second kappa shape index (κ2) is 9.76. The first-order chi connectivity index (χ1) is 14.5. The molecule has 0 aromatic heterocycles. The van der Waals surface area contributed by atoms with Crippen LogP contribution < -0.4 is 15.0 Å². The summed E-state index contributed by atoms with van der Waals surface area (Å²) in [6.07, 6.45) is 0.780. The lowest BCUT2D eigenvalue weighted by Crippen LogP contribution is -2.38. The Morgan fingerprint density at radius 2 is 1.93 bits per heavy atom. The fourth-order valence-corrected chi connectivity index (χ4v) is 4.13. The van der Waals surface area contributed by atoms with E-state index in [-0.39, 0.29) is 17.9 Å². The van der Waals surface area contributed by atoms with Crippen LogP contribution in [0.15, 0.2) is 42.5 Å². The first-order valence-electron chi connectivity index (χ1n) is 10.6. The van der Waals surface area contributed by atoms with Crippen LogP contribution in [0.4, 0.5) is 5.69 Å². The minimum Gasteiger partial charge on any atom is -0.497 e. The van der Waals surface area contributed by atoms with Gasteiger partial charge in [0.05, 0.1) is 13.2 Å². The quantitative estimate of drug-likeness (QED) is 0.726. The molecule has 30 heavy (non-hydrogen) atoms. The third-order valence-electron chi connectivity index (χ3n) is 5.81. The number of ether oxygens (including phenoxy) is 1. The maximum atomic E-state index is 12.9. The van der Waals surface area contributed by atoms with Gasteiger partial charge in [0, 0.05) is 31.3 Å². The van der Waals surface area contributed by atoms with Gasteiger partial charge in [0.25, 0.3) is 5.91 Å². The largest absolute Gasteiger partial charge is 0.497 e. The van der Waals surface area contributed by atoms with Gasteiger partial charge in [-0.3, -0.25) is 14.5 Å². The van der Waals surface area contributed by atoms with Crippen LogP contribution >= 0.6 is 0 Å². The van der Waals surface area contributed by atoms with Crippen LogP contribution in [0, 0.1) is 0 Å². The fraction of sp³-hybridized carbons (Fsp3) is 0.417. The number of fused-ring (bicyclic) bond motifs is 1. The topological polar surface area (TPSA) is 61.9 Å². The molecule has 6 nitrogen and oxygen atoms in total. The Bertz CT molecular complexity index is 908. The Morgan fingerprint density at radius 3 is 2.60 bits per heavy atom. The summed E-state index contributed by atoms with van der Waals surface area (Å²) in [7, 11) is 1.66. The average Bonchev–Trinajstić information content (AvgIpc) is 3.20. The molecule has 1 atom stereocenters. The molecule has 2 amide bonds. The van der Waals surface area contributed by atoms with Crippen molar-refractivity contribution in [3.63, 3.8) is 0 Å². The van der Waals surface area contributed by atoms with E-state index in [0.717, 1.165) is 42.1 Å². The molecule has 0 bridgehead atoms. The number of nitrogens with zero attached hydrogens (tertiary/aromatic N) is 2. The molecule has 1 heterocycles. The van der Waals surface area contributed by atoms with Crippen molar-refractivity contribution in [3.05, 3.63) is 59.2 Å². The predicted molar refractivity (Wildman–Crippen MR) is 119 cm³/mol. The fourth-order valence-electron chi connectivity index (χ4n) is 4.13. The van der Waals surface area contributed by atoms with Gasteiger partial charge in [-0.25, -0.2) is 0 Å². The van der Waals surface area contributed by atoms with Crippen LogP contribution in [0.5, 0.6) is 5.75 Å². The van der Waals surface area contributed by atoms with Crippen LogP contribution in [-0.2, 0) is 11.2 Å². The maximum absolute atomic E-state index is 12.9. The van der Waals surface area contributed by atoms with E-state index in [9.17, 15) is 9.59 Å². The van der Waals surface area contributed by atoms with E-state index in [4.69, 9.17) is 4.74 Å². The van der Waals surface area contributed by atoms with E-state index in [0.29, 0.717) is 18.7 Å². The van der Waals surface area contributed by atoms with Crippen molar-refractivity contribution >= 4 is 17.5 Å². The van der Waals surface area contributed by atoms with Gasteiger partial charge in [0.15, 0.2) is 0 Å². The van der Waals surface area contributed by atoms with E-state index in [1.54, 1.807) is 25.0 Å². The summed E-state index contributed by atoms with van der Waals surface area (Å²) in [4.78, 5) is 28.7. The molecule has 1 N–H and O–H groups in total.